The van der Waals surface area contributed by atoms with Crippen molar-refractivity contribution < 1.29 is 116 Å². The molecule has 2 aliphatic rings. The van der Waals surface area contributed by atoms with Crippen molar-refractivity contribution in [3.63, 3.8) is 0 Å². The fourth-order valence-corrected chi connectivity index (χ4v) is 15.3. The summed E-state index contributed by atoms with van der Waals surface area (Å²) in [5.74, 6) is 0.293. The predicted molar refractivity (Wildman–Crippen MR) is 360 cm³/mol. The predicted octanol–water partition coefficient (Wildman–Crippen LogP) is 9.04. The number of anilines is 2. The Bertz CT molecular complexity index is 3150. The van der Waals surface area contributed by atoms with Crippen molar-refractivity contribution in [1.29, 1.82) is 1.28 Å². The van der Waals surface area contributed by atoms with Crippen LogP contribution in [-0.4, -0.2) is 148 Å². The first-order valence-corrected chi connectivity index (χ1v) is 44.2. The summed E-state index contributed by atoms with van der Waals surface area (Å²) in [5, 5.41) is 91.1. The second-order valence-electron chi connectivity index (χ2n) is 20.4. The first kappa shape index (κ1) is 88.6. The number of phosphoric acid groups is 3. The zero-order valence-corrected chi connectivity index (χ0v) is 61.8. The van der Waals surface area contributed by atoms with E-state index in [1.54, 1.807) is 12.1 Å². The van der Waals surface area contributed by atoms with E-state index in [2.05, 4.69) is 123 Å². The second-order valence-corrected chi connectivity index (χ2v) is 38.0. The second kappa shape index (κ2) is 45.4. The largest absolute Gasteiger partial charge is 0.490 e. The smallest absolute Gasteiger partial charge is 0.393 e. The van der Waals surface area contributed by atoms with E-state index in [-0.39, 0.29) is 35.9 Å². The van der Waals surface area contributed by atoms with Crippen LogP contribution in [0.1, 0.15) is 168 Å². The average Bonchev–Trinajstić information content (AvgIpc) is 1.44. The van der Waals surface area contributed by atoms with Crippen LogP contribution in [0.4, 0.5) is 11.6 Å². The molecule has 2 saturated heterocycles. The van der Waals surface area contributed by atoms with Gasteiger partial charge in [-0.1, -0.05) is 131 Å². The van der Waals surface area contributed by atoms with E-state index in [9.17, 15) is 58.5 Å². The number of azide groups is 2. The molecule has 95 heavy (non-hydrogen) atoms. The molecule has 0 radical (unpaired) electrons. The van der Waals surface area contributed by atoms with E-state index >= 15 is 0 Å². The van der Waals surface area contributed by atoms with Gasteiger partial charge in [-0.15, -0.1) is 17.9 Å². The zero-order chi connectivity index (χ0) is 73.0. The topological polar surface area (TPSA) is 622 Å². The normalized spacial score (nSPS) is 23.1. The molecule has 0 aromatic carbocycles. The number of nitrogen functional groups attached to an aromatic ring is 2. The van der Waals surface area contributed by atoms with E-state index in [4.69, 9.17) is 53.6 Å². The minimum absolute atomic E-state index is 0.0586. The van der Waals surface area contributed by atoms with Crippen LogP contribution >= 0.6 is 71.9 Å². The fraction of sp³-hybridized carbons (Fsp3) is 0.739. The molecule has 6 heterocycles. The van der Waals surface area contributed by atoms with Crippen LogP contribution in [0.25, 0.3) is 31.9 Å². The summed E-state index contributed by atoms with van der Waals surface area (Å²) in [4.78, 5) is 60.1. The number of hydrogen-bond acceptors (Lipinski definition) is 30. The minimum atomic E-state index is -5.83. The molecular weight excluding hydrogens is 1440 g/mol. The van der Waals surface area contributed by atoms with Gasteiger partial charge in [-0.05, 0) is 35.3 Å². The molecule has 0 saturated carbocycles. The van der Waals surface area contributed by atoms with Gasteiger partial charge < -0.3 is 66.0 Å². The first-order valence-electron chi connectivity index (χ1n) is 30.0. The van der Waals surface area contributed by atoms with Crippen LogP contribution in [0.15, 0.2) is 47.1 Å². The Morgan fingerprint density at radius 2 is 1.11 bits per heavy atom. The Balaban J connectivity index is 0.000000644. The third-order valence-electron chi connectivity index (χ3n) is 13.4. The minimum Gasteiger partial charge on any atom is -0.393 e. The number of aromatic nitrogens is 6. The van der Waals surface area contributed by atoms with Crippen molar-refractivity contribution in [1.82, 2.24) is 39.4 Å². The van der Waals surface area contributed by atoms with Crippen LogP contribution in [0.5, 0.6) is 0 Å². The molecule has 2 fully saturated rings. The Morgan fingerprint density at radius 3 is 1.44 bits per heavy atom. The third-order valence-corrected chi connectivity index (χ3v) is 29.0. The number of aliphatic hydroxyl groups is 5. The summed E-state index contributed by atoms with van der Waals surface area (Å²) < 4.78 is 86.1. The monoisotopic (exact) mass is 1530 g/mol. The van der Waals surface area contributed by atoms with Gasteiger partial charge in [-0.2, -0.15) is 18.8 Å². The van der Waals surface area contributed by atoms with Gasteiger partial charge in [0.1, 0.15) is 60.3 Å². The van der Waals surface area contributed by atoms with Crippen LogP contribution < -0.4 is 26.5 Å². The molecule has 17 N–H and O–H groups in total. The number of phosphoric ester groups is 1. The molecule has 15 atom stereocenters. The van der Waals surface area contributed by atoms with Crippen LogP contribution in [0.3, 0.4) is 0 Å². The average molecular weight is 1540 g/mol. The zero-order valence-electron chi connectivity index (χ0n) is 54.2. The van der Waals surface area contributed by atoms with Crippen molar-refractivity contribution in [2.75, 3.05) is 37.8 Å². The number of ether oxygens (including phenoxy) is 2. The summed E-state index contributed by atoms with van der Waals surface area (Å²) >= 11 is 0. The van der Waals surface area contributed by atoms with E-state index in [1.807, 2.05) is 13.8 Å². The molecule has 6 rings (SSSR count). The molecular formula is C46H93N16O24P9. The van der Waals surface area contributed by atoms with Gasteiger partial charge in [0.25, 0.3) is 0 Å². The molecule has 0 aliphatic carbocycles. The van der Waals surface area contributed by atoms with Crippen LogP contribution in [-0.2, 0) is 55.3 Å². The number of nitrogens with zero attached hydrogens (tertiary/aromatic N) is 12. The van der Waals surface area contributed by atoms with Crippen LogP contribution in [0.2, 0.25) is 0 Å². The SMILES string of the molecule is CCCCCCCC.CCCCCCCC.CCCCNP(NCCCC)(OO)(OOO)[P+](=O)[O-].[3H]P(P)PP.[N-]=[N+]=N[C@]1(CO)O[C@@H](c2ccc3c(N)ncnn23)[C@H](O)[C@@H]1O.[N-]=[N+]=N[C@]1(COP(=O)(O)OP(=O)(O)OP(=O)(O)O)O[C@@H](c2ccc3c(N)ncnn23)[C@H](O)[C@@H]1O. The molecule has 2 aliphatic heterocycles. The number of nitrogens with two attached hydrogens (primary N) is 2. The maximum atomic E-state index is 12.0. The molecule has 40 nitrogen and oxygen atoms in total. The van der Waals surface area contributed by atoms with Crippen molar-refractivity contribution in [3.8, 4) is 0 Å². The maximum absolute atomic E-state index is 12.0. The number of rotatable bonds is 35. The van der Waals surface area contributed by atoms with E-state index < -0.39 is 107 Å². The standard InChI is InChI=1S/C11H16N7O13P3.C11H13N7O4.C8H22N2O7P2.2C8H18.H6P4/c12-10-6-2-1-5(18(6)15-4-14-10)8-7(19)9(20)11(29-8,16-17-13)3-28-33(24,25)31-34(26,27)30-32(21,22)23;12-10-6-2-1-5(18(6)15-4-14-10)8-7(20)9(21)11(3-19,22-8)16-17-13;1-3-5-7-9-19(16-12,17-15-11,18(13)14)10-8-6-4-2;2*1-3-5-7-8-6-4-2;1-3-4-2/h1-2,4,7-9,19-20H,3H2,(H,24,25)(H,26,27)(H2,12,14,15)(H2,21,22,23);1-2,4,7-9,19-21H,3H2,(H2,12,14,15);9-12H,3-8H2,1-2H3;2*3-8H2,1-2H3;3-4H,1-2H2/t2*7-,8-,9-,11+;;;;/m00..../s1/i;;;;;3T. The van der Waals surface area contributed by atoms with Crippen molar-refractivity contribution in [3.05, 3.63) is 69.2 Å². The van der Waals surface area contributed by atoms with E-state index in [0.29, 0.717) is 24.1 Å². The van der Waals surface area contributed by atoms with Crippen molar-refractivity contribution in [2.24, 2.45) is 10.2 Å². The van der Waals surface area contributed by atoms with Gasteiger partial charge in [0.05, 0.1) is 25.9 Å². The Kier molecular flexibility index (Phi) is 42.3. The molecule has 4 aromatic rings. The summed E-state index contributed by atoms with van der Waals surface area (Å²) in [7, 11) is -20.2. The van der Waals surface area contributed by atoms with Gasteiger partial charge in [0, 0.05) is 9.82 Å². The molecule has 0 bridgehead atoms. The van der Waals surface area contributed by atoms with Gasteiger partial charge in [-0.3, -0.25) is 4.52 Å². The van der Waals surface area contributed by atoms with Gasteiger partial charge in [0.2, 0.25) is 0 Å². The first-order chi connectivity index (χ1) is 45.2. The van der Waals surface area contributed by atoms with E-state index in [1.165, 1.54) is 105 Å². The summed E-state index contributed by atoms with van der Waals surface area (Å²) in [5.41, 5.74) is 25.6. The van der Waals surface area contributed by atoms with Crippen molar-refractivity contribution in [2.45, 2.75) is 192 Å². The Labute approximate surface area is 558 Å². The number of unbranched alkanes of at least 4 members (excludes halogenated alkanes) is 12. The van der Waals surface area contributed by atoms with E-state index in [0.717, 1.165) is 27.1 Å². The quantitative estimate of drug-likeness (QED) is 0.00388. The number of hydrogen-bond donors (Lipinski definition) is 15. The number of aliphatic hydroxyl groups excluding tert-OH is 5. The Morgan fingerprint density at radius 1 is 0.716 bits per heavy atom. The van der Waals surface area contributed by atoms with Crippen LogP contribution in [0, 0.1) is 0 Å². The molecule has 49 heteroatoms. The molecule has 4 aromatic heterocycles. The maximum Gasteiger partial charge on any atom is 0.490 e. The number of fused-ring (bicyclic) bond motifs is 2. The summed E-state index contributed by atoms with van der Waals surface area (Å²) in [6, 6.07) is 6.05. The summed E-state index contributed by atoms with van der Waals surface area (Å²) in [6.45, 7) is 11.1. The number of nitrogens with one attached hydrogen (secondary N) is 2. The molecule has 0 spiro atoms. The van der Waals surface area contributed by atoms with Gasteiger partial charge in [-0.25, -0.2) is 32.7 Å². The Hall–Kier alpha value is -2.48. The van der Waals surface area contributed by atoms with Gasteiger partial charge in [0.15, 0.2) is 23.1 Å². The fourth-order valence-electron chi connectivity index (χ4n) is 8.56. The van der Waals surface area contributed by atoms with Gasteiger partial charge >= 0.3 is 135 Å². The molecule has 0 amide bonds. The van der Waals surface area contributed by atoms with Crippen molar-refractivity contribution >= 4 is 94.6 Å². The molecule has 7 unspecified atom stereocenters. The molecule has 546 valence electrons. The summed E-state index contributed by atoms with van der Waals surface area (Å²) in [6.07, 6.45) is 12.6. The third kappa shape index (κ3) is 28.1.